The second-order valence-electron chi connectivity index (χ2n) is 7.74. The van der Waals surface area contributed by atoms with E-state index < -0.39 is 0 Å². The molecule has 27 heavy (non-hydrogen) atoms. The average molecular weight is 430 g/mol. The van der Waals surface area contributed by atoms with Crippen molar-refractivity contribution in [2.45, 2.75) is 37.5 Å². The molecule has 5 heteroatoms. The number of likely N-dealkylation sites (tertiary alicyclic amines) is 1. The molecule has 1 aliphatic heterocycles. The van der Waals surface area contributed by atoms with Gasteiger partial charge in [0.15, 0.2) is 0 Å². The van der Waals surface area contributed by atoms with Crippen LogP contribution in [0.3, 0.4) is 0 Å². The predicted molar refractivity (Wildman–Crippen MR) is 113 cm³/mol. The van der Waals surface area contributed by atoms with Gasteiger partial charge in [0.05, 0.1) is 0 Å². The first-order valence-corrected chi connectivity index (χ1v) is 10.7. The fourth-order valence-electron chi connectivity index (χ4n) is 3.82. The van der Waals surface area contributed by atoms with E-state index in [1.54, 1.807) is 0 Å². The molecule has 2 aromatic rings. The normalized spacial score (nSPS) is 24.9. The van der Waals surface area contributed by atoms with E-state index in [1.807, 2.05) is 12.1 Å². The first-order valence-electron chi connectivity index (χ1n) is 9.86. The Morgan fingerprint density at radius 2 is 1.89 bits per heavy atom. The number of nitrogens with one attached hydrogen (secondary N) is 1. The van der Waals surface area contributed by atoms with Crippen LogP contribution in [-0.2, 0) is 6.61 Å². The Morgan fingerprint density at radius 1 is 1.11 bits per heavy atom. The van der Waals surface area contributed by atoms with Crippen molar-refractivity contribution in [2.75, 3.05) is 26.2 Å². The molecule has 144 valence electrons. The number of ether oxygens (including phenoxy) is 1. The maximum Gasteiger partial charge on any atom is 0.119 e. The quantitative estimate of drug-likeness (QED) is 0.673. The third-order valence-electron chi connectivity index (χ3n) is 5.56. The molecule has 1 saturated heterocycles. The van der Waals surface area contributed by atoms with Gasteiger partial charge in [0, 0.05) is 42.1 Å². The van der Waals surface area contributed by atoms with E-state index in [0.717, 1.165) is 42.8 Å². The largest absolute Gasteiger partial charge is 0.489 e. The van der Waals surface area contributed by atoms with Crippen LogP contribution in [-0.4, -0.2) is 43.2 Å². The number of hydrogen-bond acceptors (Lipinski definition) is 4. The fraction of sp³-hybridized carbons (Fsp3) is 0.455. The van der Waals surface area contributed by atoms with E-state index >= 15 is 0 Å². The Hall–Kier alpha value is -1.40. The summed E-state index contributed by atoms with van der Waals surface area (Å²) in [6.07, 6.45) is 2.38. The van der Waals surface area contributed by atoms with Gasteiger partial charge in [-0.1, -0.05) is 40.2 Å². The standard InChI is InChI=1S/C22H28BrN3O/c23-18-5-1-16(2-6-18)15-27-20-7-3-17(4-8-20)21-13-22(21)25-10-12-26-11-9-19(24)14-26/h1-8,19,21-22,25H,9-15,24H2/t19-,21+,22-/m1/s1. The van der Waals surface area contributed by atoms with Crippen LogP contribution in [0.1, 0.15) is 29.9 Å². The summed E-state index contributed by atoms with van der Waals surface area (Å²) in [5.41, 5.74) is 8.55. The third-order valence-corrected chi connectivity index (χ3v) is 6.09. The van der Waals surface area contributed by atoms with E-state index in [-0.39, 0.29) is 0 Å². The van der Waals surface area contributed by atoms with Crippen molar-refractivity contribution in [3.8, 4) is 5.75 Å². The van der Waals surface area contributed by atoms with E-state index in [0.29, 0.717) is 24.6 Å². The third kappa shape index (κ3) is 5.32. The second kappa shape index (κ2) is 8.74. The highest BCUT2D eigenvalue weighted by Gasteiger charge is 2.37. The number of halogens is 1. The first-order chi connectivity index (χ1) is 13.2. The molecule has 2 aliphatic rings. The monoisotopic (exact) mass is 429 g/mol. The summed E-state index contributed by atoms with van der Waals surface area (Å²) < 4.78 is 6.99. The molecule has 0 radical (unpaired) electrons. The summed E-state index contributed by atoms with van der Waals surface area (Å²) >= 11 is 3.46. The molecule has 3 atom stereocenters. The van der Waals surface area contributed by atoms with Gasteiger partial charge >= 0.3 is 0 Å². The number of hydrogen-bond donors (Lipinski definition) is 2. The molecule has 2 fully saturated rings. The smallest absolute Gasteiger partial charge is 0.119 e. The topological polar surface area (TPSA) is 50.5 Å². The zero-order valence-corrected chi connectivity index (χ0v) is 17.2. The molecule has 0 unspecified atom stereocenters. The van der Waals surface area contributed by atoms with Crippen molar-refractivity contribution < 1.29 is 4.74 Å². The first kappa shape index (κ1) is 18.9. The second-order valence-corrected chi connectivity index (χ2v) is 8.65. The summed E-state index contributed by atoms with van der Waals surface area (Å²) in [6, 6.07) is 17.8. The van der Waals surface area contributed by atoms with Crippen LogP contribution in [0.5, 0.6) is 5.75 Å². The van der Waals surface area contributed by atoms with Gasteiger partial charge in [0.25, 0.3) is 0 Å². The molecule has 4 rings (SSSR count). The lowest BCUT2D eigenvalue weighted by Gasteiger charge is -2.15. The number of benzene rings is 2. The highest BCUT2D eigenvalue weighted by Crippen LogP contribution is 2.41. The van der Waals surface area contributed by atoms with E-state index in [4.69, 9.17) is 10.5 Å². The molecule has 0 aromatic heterocycles. The zero-order valence-electron chi connectivity index (χ0n) is 15.6. The van der Waals surface area contributed by atoms with E-state index in [2.05, 4.69) is 62.5 Å². The van der Waals surface area contributed by atoms with Gasteiger partial charge < -0.3 is 20.7 Å². The van der Waals surface area contributed by atoms with Gasteiger partial charge in [-0.2, -0.15) is 0 Å². The molecule has 0 amide bonds. The highest BCUT2D eigenvalue weighted by molar-refractivity contribution is 9.10. The van der Waals surface area contributed by atoms with Crippen molar-refractivity contribution in [3.05, 3.63) is 64.1 Å². The van der Waals surface area contributed by atoms with Crippen molar-refractivity contribution in [1.29, 1.82) is 0 Å². The van der Waals surface area contributed by atoms with E-state index in [1.165, 1.54) is 17.5 Å². The minimum Gasteiger partial charge on any atom is -0.489 e. The lowest BCUT2D eigenvalue weighted by molar-refractivity contribution is 0.306. The summed E-state index contributed by atoms with van der Waals surface area (Å²) in [6.45, 7) is 4.97. The summed E-state index contributed by atoms with van der Waals surface area (Å²) in [5, 5.41) is 3.70. The van der Waals surface area contributed by atoms with Crippen molar-refractivity contribution in [1.82, 2.24) is 10.2 Å². The Labute approximate surface area is 170 Å². The van der Waals surface area contributed by atoms with E-state index in [9.17, 15) is 0 Å². The molecule has 1 saturated carbocycles. The number of nitrogens with zero attached hydrogens (tertiary/aromatic N) is 1. The van der Waals surface area contributed by atoms with Gasteiger partial charge in [0.2, 0.25) is 0 Å². The predicted octanol–water partition coefficient (Wildman–Crippen LogP) is 3.51. The van der Waals surface area contributed by atoms with Gasteiger partial charge in [-0.15, -0.1) is 0 Å². The number of nitrogens with two attached hydrogens (primary N) is 1. The molecular weight excluding hydrogens is 402 g/mol. The molecule has 0 spiro atoms. The average Bonchev–Trinajstić information content (AvgIpc) is 3.34. The van der Waals surface area contributed by atoms with Crippen molar-refractivity contribution >= 4 is 15.9 Å². The minimum atomic E-state index is 0.378. The van der Waals surface area contributed by atoms with Crippen LogP contribution >= 0.6 is 15.9 Å². The Kier molecular flexibility index (Phi) is 6.13. The molecule has 4 nitrogen and oxygen atoms in total. The van der Waals surface area contributed by atoms with Crippen LogP contribution in [0.25, 0.3) is 0 Å². The minimum absolute atomic E-state index is 0.378. The lowest BCUT2D eigenvalue weighted by Crippen LogP contribution is -2.33. The molecule has 3 N–H and O–H groups in total. The van der Waals surface area contributed by atoms with Gasteiger partial charge in [-0.3, -0.25) is 0 Å². The maximum absolute atomic E-state index is 5.97. The van der Waals surface area contributed by atoms with Crippen LogP contribution in [0.2, 0.25) is 0 Å². The Bertz CT molecular complexity index is 734. The number of rotatable bonds is 8. The SMILES string of the molecule is N[C@@H]1CCN(CCN[C@@H]2C[C@H]2c2ccc(OCc3ccc(Br)cc3)cc2)C1. The van der Waals surface area contributed by atoms with Crippen LogP contribution in [0.4, 0.5) is 0 Å². The van der Waals surface area contributed by atoms with Gasteiger partial charge in [0.1, 0.15) is 12.4 Å². The van der Waals surface area contributed by atoms with Crippen LogP contribution < -0.4 is 15.8 Å². The maximum atomic E-state index is 5.97. The molecule has 1 heterocycles. The molecule has 2 aromatic carbocycles. The Balaban J connectivity index is 1.19. The van der Waals surface area contributed by atoms with Crippen molar-refractivity contribution in [3.63, 3.8) is 0 Å². The molecular formula is C22H28BrN3O. The zero-order chi connectivity index (χ0) is 18.6. The lowest BCUT2D eigenvalue weighted by atomic mass is 10.1. The van der Waals surface area contributed by atoms with Gasteiger partial charge in [-0.05, 0) is 54.8 Å². The highest BCUT2D eigenvalue weighted by atomic mass is 79.9. The fourth-order valence-corrected chi connectivity index (χ4v) is 4.09. The molecule has 0 bridgehead atoms. The van der Waals surface area contributed by atoms with Crippen LogP contribution in [0, 0.1) is 0 Å². The molecule has 1 aliphatic carbocycles. The summed E-state index contributed by atoms with van der Waals surface area (Å²) in [7, 11) is 0. The summed E-state index contributed by atoms with van der Waals surface area (Å²) in [4.78, 5) is 2.46. The summed E-state index contributed by atoms with van der Waals surface area (Å²) in [5.74, 6) is 1.57. The Morgan fingerprint density at radius 3 is 2.59 bits per heavy atom. The van der Waals surface area contributed by atoms with Gasteiger partial charge in [-0.25, -0.2) is 0 Å². The van der Waals surface area contributed by atoms with Crippen LogP contribution in [0.15, 0.2) is 53.0 Å². The van der Waals surface area contributed by atoms with Crippen molar-refractivity contribution in [2.24, 2.45) is 5.73 Å².